The highest BCUT2D eigenvalue weighted by molar-refractivity contribution is 7.92. The second kappa shape index (κ2) is 15.4. The summed E-state index contributed by atoms with van der Waals surface area (Å²) in [4.78, 5) is 29.2. The smallest absolute Gasteiger partial charge is 0.243 e. The summed E-state index contributed by atoms with van der Waals surface area (Å²) in [5, 5.41) is 3.79. The molecule has 2 amide bonds. The van der Waals surface area contributed by atoms with E-state index >= 15 is 0 Å². The zero-order chi connectivity index (χ0) is 30.9. The third-order valence-corrected chi connectivity index (χ3v) is 9.06. The lowest BCUT2D eigenvalue weighted by atomic mass is 10.0. The number of hydrogen-bond donors (Lipinski definition) is 1. The maximum Gasteiger partial charge on any atom is 0.243 e. The zero-order valence-electron chi connectivity index (χ0n) is 24.5. The van der Waals surface area contributed by atoms with E-state index in [0.29, 0.717) is 22.2 Å². The molecule has 3 aromatic rings. The Balaban J connectivity index is 1.92. The Hall–Kier alpha value is -3.07. The summed E-state index contributed by atoms with van der Waals surface area (Å²) in [6, 6.07) is 21.1. The highest BCUT2D eigenvalue weighted by Gasteiger charge is 2.31. The average molecular weight is 633 g/mol. The number of aryl methyl sites for hydroxylation is 1. The third-order valence-electron chi connectivity index (χ3n) is 7.15. The van der Waals surface area contributed by atoms with Crippen LogP contribution >= 0.6 is 23.2 Å². The number of carbonyl (C=O) groups excluding carboxylic acids is 2. The number of nitrogens with one attached hydrogen (secondary N) is 1. The van der Waals surface area contributed by atoms with Gasteiger partial charge in [0, 0.05) is 32.0 Å². The molecule has 0 unspecified atom stereocenters. The molecule has 2 atom stereocenters. The van der Waals surface area contributed by atoms with Gasteiger partial charge in [0.05, 0.1) is 22.0 Å². The zero-order valence-corrected chi connectivity index (χ0v) is 26.8. The van der Waals surface area contributed by atoms with E-state index in [1.54, 1.807) is 35.2 Å². The molecular weight excluding hydrogens is 593 g/mol. The summed E-state index contributed by atoms with van der Waals surface area (Å²) in [5.41, 5.74) is 3.04. The Morgan fingerprint density at radius 1 is 0.929 bits per heavy atom. The minimum absolute atomic E-state index is 0.0428. The molecule has 0 saturated heterocycles. The van der Waals surface area contributed by atoms with Crippen molar-refractivity contribution < 1.29 is 18.0 Å². The fourth-order valence-electron chi connectivity index (χ4n) is 4.66. The minimum atomic E-state index is -3.59. The lowest BCUT2D eigenvalue weighted by Gasteiger charge is -2.33. The third kappa shape index (κ3) is 9.48. The molecular formula is C32H39Cl2N3O4S. The molecule has 10 heteroatoms. The number of para-hydroxylation sites is 1. The first-order valence-electron chi connectivity index (χ1n) is 14.0. The second-order valence-electron chi connectivity index (χ2n) is 10.5. The van der Waals surface area contributed by atoms with Gasteiger partial charge in [0.1, 0.15) is 6.04 Å². The van der Waals surface area contributed by atoms with E-state index in [4.69, 9.17) is 23.2 Å². The van der Waals surface area contributed by atoms with Crippen molar-refractivity contribution in [3.63, 3.8) is 0 Å². The fourth-order valence-corrected chi connectivity index (χ4v) is 6.00. The number of halogens is 2. The number of sulfonamides is 1. The van der Waals surface area contributed by atoms with Crippen LogP contribution in [0.25, 0.3) is 0 Å². The van der Waals surface area contributed by atoms with Crippen LogP contribution in [-0.2, 0) is 32.6 Å². The number of benzene rings is 3. The molecule has 0 aliphatic heterocycles. The predicted molar refractivity (Wildman–Crippen MR) is 171 cm³/mol. The first kappa shape index (κ1) is 33.4. The van der Waals surface area contributed by atoms with E-state index < -0.39 is 16.1 Å². The van der Waals surface area contributed by atoms with Gasteiger partial charge in [0.2, 0.25) is 21.8 Å². The SMILES string of the molecule is CC[C@@H](C)NC(=O)[C@H](Cc1ccccc1)N(Cc1ccc(Cl)c(Cl)c1)C(=O)CCCN(c1ccccc1C)S(C)(=O)=O. The second-order valence-corrected chi connectivity index (χ2v) is 13.2. The number of nitrogens with zero attached hydrogens (tertiary/aromatic N) is 2. The maximum absolute atomic E-state index is 13.9. The van der Waals surface area contributed by atoms with Crippen LogP contribution in [0.1, 0.15) is 49.8 Å². The maximum atomic E-state index is 13.9. The van der Waals surface area contributed by atoms with Crippen molar-refractivity contribution in [3.05, 3.63) is 99.5 Å². The monoisotopic (exact) mass is 631 g/mol. The van der Waals surface area contributed by atoms with Crippen molar-refractivity contribution in [3.8, 4) is 0 Å². The van der Waals surface area contributed by atoms with Crippen LogP contribution in [-0.4, -0.2) is 50.0 Å². The van der Waals surface area contributed by atoms with Crippen LogP contribution in [0.4, 0.5) is 5.69 Å². The van der Waals surface area contributed by atoms with Crippen LogP contribution in [0.15, 0.2) is 72.8 Å². The topological polar surface area (TPSA) is 86.8 Å². The van der Waals surface area contributed by atoms with Gasteiger partial charge in [-0.05, 0) is 61.6 Å². The van der Waals surface area contributed by atoms with Crippen LogP contribution < -0.4 is 9.62 Å². The van der Waals surface area contributed by atoms with Gasteiger partial charge in [-0.15, -0.1) is 0 Å². The van der Waals surface area contributed by atoms with Gasteiger partial charge in [-0.3, -0.25) is 13.9 Å². The molecule has 7 nitrogen and oxygen atoms in total. The molecule has 0 aliphatic carbocycles. The van der Waals surface area contributed by atoms with Crippen LogP contribution in [0.3, 0.4) is 0 Å². The number of rotatable bonds is 14. The Morgan fingerprint density at radius 2 is 1.60 bits per heavy atom. The average Bonchev–Trinajstić information content (AvgIpc) is 2.95. The molecule has 0 bridgehead atoms. The van der Waals surface area contributed by atoms with E-state index in [1.807, 2.05) is 63.2 Å². The number of carbonyl (C=O) groups is 2. The van der Waals surface area contributed by atoms with Gasteiger partial charge < -0.3 is 10.2 Å². The van der Waals surface area contributed by atoms with Crippen molar-refractivity contribution >= 4 is 50.7 Å². The quantitative estimate of drug-likeness (QED) is 0.223. The first-order valence-corrected chi connectivity index (χ1v) is 16.6. The summed E-state index contributed by atoms with van der Waals surface area (Å²) in [6.07, 6.45) is 2.52. The van der Waals surface area contributed by atoms with Crippen molar-refractivity contribution in [2.45, 2.75) is 65.1 Å². The van der Waals surface area contributed by atoms with E-state index in [1.165, 1.54) is 4.31 Å². The Bertz CT molecular complexity index is 1470. The molecule has 0 spiro atoms. The number of hydrogen-bond acceptors (Lipinski definition) is 4. The highest BCUT2D eigenvalue weighted by atomic mass is 35.5. The first-order chi connectivity index (χ1) is 19.9. The van der Waals surface area contributed by atoms with E-state index in [2.05, 4.69) is 5.32 Å². The van der Waals surface area contributed by atoms with E-state index in [0.717, 1.165) is 29.4 Å². The predicted octanol–water partition coefficient (Wildman–Crippen LogP) is 6.40. The normalized spacial score (nSPS) is 12.8. The van der Waals surface area contributed by atoms with E-state index in [-0.39, 0.29) is 43.8 Å². The molecule has 3 rings (SSSR count). The van der Waals surface area contributed by atoms with Crippen molar-refractivity contribution in [2.75, 3.05) is 17.1 Å². The van der Waals surface area contributed by atoms with Gasteiger partial charge >= 0.3 is 0 Å². The van der Waals surface area contributed by atoms with Gasteiger partial charge in [0.25, 0.3) is 0 Å². The molecule has 0 radical (unpaired) electrons. The number of anilines is 1. The van der Waals surface area contributed by atoms with Gasteiger partial charge in [-0.25, -0.2) is 8.42 Å². The molecule has 0 saturated carbocycles. The van der Waals surface area contributed by atoms with Crippen LogP contribution in [0.5, 0.6) is 0 Å². The van der Waals surface area contributed by atoms with Crippen LogP contribution in [0.2, 0.25) is 10.0 Å². The molecule has 0 fully saturated rings. The summed E-state index contributed by atoms with van der Waals surface area (Å²) in [5.74, 6) is -0.515. The fraction of sp³-hybridized carbons (Fsp3) is 0.375. The number of amides is 2. The Morgan fingerprint density at radius 3 is 2.21 bits per heavy atom. The lowest BCUT2D eigenvalue weighted by molar-refractivity contribution is -0.141. The highest BCUT2D eigenvalue weighted by Crippen LogP contribution is 2.26. The summed E-state index contributed by atoms with van der Waals surface area (Å²) < 4.78 is 26.7. The molecule has 0 aromatic heterocycles. The van der Waals surface area contributed by atoms with Crippen molar-refractivity contribution in [1.29, 1.82) is 0 Å². The molecule has 3 aromatic carbocycles. The molecule has 0 aliphatic rings. The summed E-state index contributed by atoms with van der Waals surface area (Å²) >= 11 is 12.4. The molecule has 0 heterocycles. The molecule has 1 N–H and O–H groups in total. The summed E-state index contributed by atoms with van der Waals surface area (Å²) in [6.45, 7) is 6.01. The van der Waals surface area contributed by atoms with Gasteiger partial charge in [0.15, 0.2) is 0 Å². The van der Waals surface area contributed by atoms with E-state index in [9.17, 15) is 18.0 Å². The van der Waals surface area contributed by atoms with Crippen LogP contribution in [0, 0.1) is 6.92 Å². The lowest BCUT2D eigenvalue weighted by Crippen LogP contribution is -2.52. The standard InChI is InChI=1S/C32H39Cl2N3O4S/c1-5-24(3)35-32(39)30(21-25-13-7-6-8-14-25)36(22-26-17-18-27(33)28(34)20-26)31(38)16-11-19-37(42(4,40)41)29-15-10-9-12-23(29)2/h6-10,12-15,17-18,20,24,30H,5,11,16,19,21-22H2,1-4H3,(H,35,39)/t24-,30+/m1/s1. The minimum Gasteiger partial charge on any atom is -0.352 e. The van der Waals surface area contributed by atoms with Gasteiger partial charge in [-0.1, -0.05) is 84.7 Å². The van der Waals surface area contributed by atoms with Crippen molar-refractivity contribution in [1.82, 2.24) is 10.2 Å². The van der Waals surface area contributed by atoms with Crippen molar-refractivity contribution in [2.24, 2.45) is 0 Å². The molecule has 226 valence electrons. The molecule has 42 heavy (non-hydrogen) atoms. The Kier molecular flexibility index (Phi) is 12.3. The largest absolute Gasteiger partial charge is 0.352 e. The van der Waals surface area contributed by atoms with Gasteiger partial charge in [-0.2, -0.15) is 0 Å². The Labute approximate surface area is 259 Å². The summed E-state index contributed by atoms with van der Waals surface area (Å²) in [7, 11) is -3.59.